The van der Waals surface area contributed by atoms with Crippen molar-refractivity contribution in [1.82, 2.24) is 19.7 Å². The maximum absolute atomic E-state index is 13.4. The van der Waals surface area contributed by atoms with Gasteiger partial charge in [0.15, 0.2) is 5.69 Å². The van der Waals surface area contributed by atoms with Crippen LogP contribution in [0, 0.1) is 5.82 Å². The van der Waals surface area contributed by atoms with Gasteiger partial charge < -0.3 is 5.32 Å². The Balaban J connectivity index is 1.75. The van der Waals surface area contributed by atoms with E-state index < -0.39 is 0 Å². The first-order chi connectivity index (χ1) is 13.1. The molecule has 0 radical (unpaired) electrons. The van der Waals surface area contributed by atoms with Crippen molar-refractivity contribution in [1.29, 1.82) is 0 Å². The van der Waals surface area contributed by atoms with Crippen LogP contribution in [0.3, 0.4) is 0 Å². The highest BCUT2D eigenvalue weighted by Crippen LogP contribution is 2.26. The molecule has 0 aliphatic heterocycles. The molecule has 4 rings (SSSR count). The maximum atomic E-state index is 13.4. The fourth-order valence-corrected chi connectivity index (χ4v) is 3.01. The van der Waals surface area contributed by atoms with Crippen LogP contribution < -0.4 is 5.32 Å². The zero-order valence-corrected chi connectivity index (χ0v) is 14.6. The first-order valence-electron chi connectivity index (χ1n) is 8.58. The van der Waals surface area contributed by atoms with E-state index in [2.05, 4.69) is 15.3 Å². The number of fused-ring (bicyclic) bond motifs is 1. The quantitative estimate of drug-likeness (QED) is 0.598. The van der Waals surface area contributed by atoms with Gasteiger partial charge in [0.25, 0.3) is 5.91 Å². The SMILES string of the molecule is CC(NC(=O)c1nc2ccccn2c1-c1ccc(F)cc1)c1ccccn1. The van der Waals surface area contributed by atoms with E-state index in [0.717, 1.165) is 5.69 Å². The number of benzene rings is 1. The highest BCUT2D eigenvalue weighted by molar-refractivity contribution is 5.99. The number of halogens is 1. The number of hydrogen-bond acceptors (Lipinski definition) is 3. The van der Waals surface area contributed by atoms with Crippen molar-refractivity contribution in [2.75, 3.05) is 0 Å². The second-order valence-corrected chi connectivity index (χ2v) is 6.19. The van der Waals surface area contributed by atoms with Gasteiger partial charge in [-0.05, 0) is 55.5 Å². The van der Waals surface area contributed by atoms with Crippen molar-refractivity contribution >= 4 is 11.6 Å². The Kier molecular flexibility index (Phi) is 4.38. The number of amides is 1. The number of carbonyl (C=O) groups excluding carboxylic acids is 1. The predicted molar refractivity (Wildman–Crippen MR) is 101 cm³/mol. The fraction of sp³-hybridized carbons (Fsp3) is 0.0952. The number of carbonyl (C=O) groups is 1. The molecule has 4 aromatic rings. The van der Waals surface area contributed by atoms with Gasteiger partial charge in [0.1, 0.15) is 11.5 Å². The molecular formula is C21H17FN4O. The molecule has 0 saturated carbocycles. The van der Waals surface area contributed by atoms with E-state index in [-0.39, 0.29) is 23.5 Å². The van der Waals surface area contributed by atoms with Gasteiger partial charge in [-0.1, -0.05) is 12.1 Å². The average molecular weight is 360 g/mol. The molecule has 1 unspecified atom stereocenters. The molecular weight excluding hydrogens is 343 g/mol. The lowest BCUT2D eigenvalue weighted by Gasteiger charge is -2.13. The zero-order chi connectivity index (χ0) is 18.8. The predicted octanol–water partition coefficient (Wildman–Crippen LogP) is 4.03. The minimum absolute atomic E-state index is 0.274. The molecule has 27 heavy (non-hydrogen) atoms. The van der Waals surface area contributed by atoms with Crippen molar-refractivity contribution in [3.05, 3.63) is 90.3 Å². The van der Waals surface area contributed by atoms with E-state index in [1.807, 2.05) is 53.9 Å². The summed E-state index contributed by atoms with van der Waals surface area (Å²) in [6.45, 7) is 1.87. The van der Waals surface area contributed by atoms with Crippen LogP contribution in [-0.4, -0.2) is 20.3 Å². The van der Waals surface area contributed by atoms with E-state index >= 15 is 0 Å². The fourth-order valence-electron chi connectivity index (χ4n) is 3.01. The van der Waals surface area contributed by atoms with Gasteiger partial charge in [-0.25, -0.2) is 9.37 Å². The Morgan fingerprint density at radius 1 is 1.07 bits per heavy atom. The summed E-state index contributed by atoms with van der Waals surface area (Å²) in [5.74, 6) is -0.640. The highest BCUT2D eigenvalue weighted by Gasteiger charge is 2.22. The molecule has 0 aliphatic carbocycles. The van der Waals surface area contributed by atoms with E-state index in [1.165, 1.54) is 12.1 Å². The summed E-state index contributed by atoms with van der Waals surface area (Å²) in [7, 11) is 0. The summed E-state index contributed by atoms with van der Waals surface area (Å²) < 4.78 is 15.2. The molecule has 0 saturated heterocycles. The maximum Gasteiger partial charge on any atom is 0.272 e. The Bertz CT molecular complexity index is 1090. The van der Waals surface area contributed by atoms with Crippen LogP contribution in [0.5, 0.6) is 0 Å². The smallest absolute Gasteiger partial charge is 0.272 e. The molecule has 0 spiro atoms. The van der Waals surface area contributed by atoms with Gasteiger partial charge in [-0.2, -0.15) is 0 Å². The lowest BCUT2D eigenvalue weighted by Crippen LogP contribution is -2.28. The van der Waals surface area contributed by atoms with E-state index in [9.17, 15) is 9.18 Å². The number of nitrogens with one attached hydrogen (secondary N) is 1. The van der Waals surface area contributed by atoms with Crippen LogP contribution in [0.1, 0.15) is 29.1 Å². The molecule has 6 heteroatoms. The molecule has 1 aromatic carbocycles. The van der Waals surface area contributed by atoms with E-state index in [4.69, 9.17) is 0 Å². The van der Waals surface area contributed by atoms with Gasteiger partial charge in [0, 0.05) is 18.0 Å². The van der Waals surface area contributed by atoms with Crippen molar-refractivity contribution in [3.63, 3.8) is 0 Å². The van der Waals surface area contributed by atoms with Crippen LogP contribution in [0.15, 0.2) is 73.1 Å². The molecule has 1 N–H and O–H groups in total. The first-order valence-corrected chi connectivity index (χ1v) is 8.58. The van der Waals surface area contributed by atoms with E-state index in [1.54, 1.807) is 18.3 Å². The molecule has 5 nitrogen and oxygen atoms in total. The number of pyridine rings is 2. The number of rotatable bonds is 4. The second kappa shape index (κ2) is 6.99. The molecule has 1 amide bonds. The van der Waals surface area contributed by atoms with Gasteiger partial charge in [0.05, 0.1) is 17.4 Å². The summed E-state index contributed by atoms with van der Waals surface area (Å²) in [4.78, 5) is 21.7. The molecule has 3 aromatic heterocycles. The van der Waals surface area contributed by atoms with Crippen LogP contribution in [0.4, 0.5) is 4.39 Å². The number of nitrogens with zero attached hydrogens (tertiary/aromatic N) is 3. The Labute approximate surface area is 155 Å². The van der Waals surface area contributed by atoms with Crippen LogP contribution in [0.2, 0.25) is 0 Å². The third-order valence-corrected chi connectivity index (χ3v) is 4.34. The monoisotopic (exact) mass is 360 g/mol. The van der Waals surface area contributed by atoms with Crippen LogP contribution in [0.25, 0.3) is 16.9 Å². The number of aromatic nitrogens is 3. The topological polar surface area (TPSA) is 59.3 Å². The average Bonchev–Trinajstić information content (AvgIpc) is 3.09. The molecule has 0 aliphatic rings. The van der Waals surface area contributed by atoms with Gasteiger partial charge in [-0.3, -0.25) is 14.2 Å². The summed E-state index contributed by atoms with van der Waals surface area (Å²) in [6, 6.07) is 16.9. The van der Waals surface area contributed by atoms with Crippen molar-refractivity contribution in [2.24, 2.45) is 0 Å². The van der Waals surface area contributed by atoms with E-state index in [0.29, 0.717) is 16.9 Å². The minimum atomic E-state index is -0.331. The Morgan fingerprint density at radius 2 is 1.85 bits per heavy atom. The second-order valence-electron chi connectivity index (χ2n) is 6.19. The van der Waals surface area contributed by atoms with Crippen molar-refractivity contribution in [2.45, 2.75) is 13.0 Å². The number of imidazole rings is 1. The zero-order valence-electron chi connectivity index (χ0n) is 14.6. The Hall–Kier alpha value is -3.54. The standard InChI is InChI=1S/C21H17FN4O/c1-14(17-6-2-4-12-23-17)24-21(27)19-20(15-8-10-16(22)11-9-15)26-13-5-3-7-18(26)25-19/h2-14H,1H3,(H,24,27). The van der Waals surface area contributed by atoms with Gasteiger partial charge >= 0.3 is 0 Å². The summed E-state index contributed by atoms with van der Waals surface area (Å²) >= 11 is 0. The summed E-state index contributed by atoms with van der Waals surface area (Å²) in [6.07, 6.45) is 3.52. The molecule has 1 atom stereocenters. The first kappa shape index (κ1) is 16.9. The largest absolute Gasteiger partial charge is 0.343 e. The Morgan fingerprint density at radius 3 is 2.59 bits per heavy atom. The molecule has 3 heterocycles. The normalized spacial score (nSPS) is 12.1. The van der Waals surface area contributed by atoms with Crippen LogP contribution >= 0.6 is 0 Å². The molecule has 134 valence electrons. The summed E-state index contributed by atoms with van der Waals surface area (Å²) in [5, 5.41) is 2.94. The number of hydrogen-bond donors (Lipinski definition) is 1. The third-order valence-electron chi connectivity index (χ3n) is 4.34. The molecule has 0 bridgehead atoms. The van der Waals surface area contributed by atoms with Crippen LogP contribution in [-0.2, 0) is 0 Å². The van der Waals surface area contributed by atoms with Crippen molar-refractivity contribution < 1.29 is 9.18 Å². The van der Waals surface area contributed by atoms with Gasteiger partial charge in [-0.15, -0.1) is 0 Å². The van der Waals surface area contributed by atoms with Crippen molar-refractivity contribution in [3.8, 4) is 11.3 Å². The lowest BCUT2D eigenvalue weighted by molar-refractivity contribution is 0.0935. The third kappa shape index (κ3) is 3.29. The molecule has 0 fully saturated rings. The lowest BCUT2D eigenvalue weighted by atomic mass is 10.1. The van der Waals surface area contributed by atoms with Gasteiger partial charge in [0.2, 0.25) is 0 Å². The highest BCUT2D eigenvalue weighted by atomic mass is 19.1. The summed E-state index contributed by atoms with van der Waals surface area (Å²) in [5.41, 5.74) is 3.03. The minimum Gasteiger partial charge on any atom is -0.343 e.